The van der Waals surface area contributed by atoms with Crippen LogP contribution in [0, 0.1) is 12.3 Å². The molecule has 1 spiro atoms. The van der Waals surface area contributed by atoms with Crippen LogP contribution in [0.2, 0.25) is 0 Å². The Morgan fingerprint density at radius 2 is 1.43 bits per heavy atom. The number of aromatic nitrogens is 1. The number of aryl methyl sites for hydroxylation is 1. The minimum atomic E-state index is -5.08. The van der Waals surface area contributed by atoms with Gasteiger partial charge in [0.25, 0.3) is 0 Å². The van der Waals surface area contributed by atoms with E-state index in [4.69, 9.17) is 19.8 Å². The first-order valence-electron chi connectivity index (χ1n) is 12.1. The molecule has 220 valence electrons. The van der Waals surface area contributed by atoms with Crippen LogP contribution >= 0.6 is 0 Å². The number of carbonyl (C=O) groups is 3. The molecule has 2 fully saturated rings. The summed E-state index contributed by atoms with van der Waals surface area (Å²) in [5.74, 6) is -5.19. The Labute approximate surface area is 226 Å². The van der Waals surface area contributed by atoms with Gasteiger partial charge in [-0.2, -0.15) is 26.3 Å². The predicted molar refractivity (Wildman–Crippen MR) is 130 cm³/mol. The van der Waals surface area contributed by atoms with Crippen molar-refractivity contribution in [1.29, 1.82) is 0 Å². The van der Waals surface area contributed by atoms with Crippen molar-refractivity contribution in [3.8, 4) is 0 Å². The Bertz CT molecular complexity index is 1130. The van der Waals surface area contributed by atoms with Crippen molar-refractivity contribution in [3.05, 3.63) is 65.5 Å². The number of halogens is 6. The molecule has 2 aromatic rings. The Balaban J connectivity index is 0.000000333. The second kappa shape index (κ2) is 13.6. The van der Waals surface area contributed by atoms with Gasteiger partial charge in [-0.1, -0.05) is 29.8 Å². The molecule has 1 aromatic carbocycles. The number of amides is 1. The van der Waals surface area contributed by atoms with E-state index in [9.17, 15) is 31.1 Å². The number of aliphatic carboxylic acids is 2. The molecule has 0 atom stereocenters. The van der Waals surface area contributed by atoms with E-state index in [-0.39, 0.29) is 5.41 Å². The number of likely N-dealkylation sites (tertiary alicyclic amines) is 2. The van der Waals surface area contributed by atoms with Crippen molar-refractivity contribution >= 4 is 17.8 Å². The summed E-state index contributed by atoms with van der Waals surface area (Å²) in [6.45, 7) is 6.92. The number of hydrogen-bond donors (Lipinski definition) is 2. The third-order valence-electron chi connectivity index (χ3n) is 6.42. The van der Waals surface area contributed by atoms with Gasteiger partial charge in [0.15, 0.2) is 0 Å². The van der Waals surface area contributed by atoms with Crippen LogP contribution in [0.5, 0.6) is 0 Å². The first-order valence-corrected chi connectivity index (χ1v) is 12.1. The fourth-order valence-corrected chi connectivity index (χ4v) is 4.42. The highest BCUT2D eigenvalue weighted by molar-refractivity contribution is 5.79. The van der Waals surface area contributed by atoms with Crippen molar-refractivity contribution < 1.29 is 50.9 Å². The molecule has 2 N–H and O–H groups in total. The molecular formula is C26H29F6N3O5. The zero-order valence-electron chi connectivity index (χ0n) is 21.5. The number of rotatable bonds is 4. The lowest BCUT2D eigenvalue weighted by molar-refractivity contribution is -0.193. The van der Waals surface area contributed by atoms with Crippen LogP contribution in [0.1, 0.15) is 36.0 Å². The predicted octanol–water partition coefficient (Wildman–Crippen LogP) is 4.67. The molecule has 4 rings (SSSR count). The second-order valence-corrected chi connectivity index (χ2v) is 9.65. The highest BCUT2D eigenvalue weighted by Gasteiger charge is 2.44. The minimum absolute atomic E-state index is 0.190. The number of benzene rings is 1. The first kappa shape index (κ1) is 32.5. The summed E-state index contributed by atoms with van der Waals surface area (Å²) in [5.41, 5.74) is 4.01. The van der Waals surface area contributed by atoms with Crippen molar-refractivity contribution in [2.75, 3.05) is 19.6 Å². The largest absolute Gasteiger partial charge is 0.490 e. The summed E-state index contributed by atoms with van der Waals surface area (Å²) in [5, 5.41) is 14.2. The average Bonchev–Trinajstić information content (AvgIpc) is 3.15. The monoisotopic (exact) mass is 577 g/mol. The van der Waals surface area contributed by atoms with Gasteiger partial charge in [0.2, 0.25) is 5.91 Å². The van der Waals surface area contributed by atoms with Gasteiger partial charge in [-0.15, -0.1) is 0 Å². The zero-order chi connectivity index (χ0) is 30.1. The normalized spacial score (nSPS) is 17.0. The summed E-state index contributed by atoms with van der Waals surface area (Å²) in [6.07, 6.45) is -3.48. The van der Waals surface area contributed by atoms with Gasteiger partial charge in [0.1, 0.15) is 0 Å². The number of carboxylic acids is 2. The summed E-state index contributed by atoms with van der Waals surface area (Å²) >= 11 is 0. The third kappa shape index (κ3) is 10.5. The quantitative estimate of drug-likeness (QED) is 0.508. The van der Waals surface area contributed by atoms with E-state index in [0.717, 1.165) is 52.0 Å². The zero-order valence-corrected chi connectivity index (χ0v) is 21.5. The molecule has 1 amide bonds. The SMILES string of the molecule is Cc1cccc(CN2CC3(CCN(Cc4ccncc4)CC3)CC2=O)c1.O=C(O)C(F)(F)F.O=C(O)C(F)(F)F. The molecule has 0 saturated carbocycles. The fraction of sp³-hybridized carbons (Fsp3) is 0.462. The lowest BCUT2D eigenvalue weighted by Crippen LogP contribution is -2.41. The molecule has 0 aliphatic carbocycles. The van der Waals surface area contributed by atoms with Crippen LogP contribution in [-0.4, -0.2) is 74.8 Å². The van der Waals surface area contributed by atoms with Gasteiger partial charge in [0.05, 0.1) is 0 Å². The number of piperidine rings is 1. The van der Waals surface area contributed by atoms with E-state index in [2.05, 4.69) is 58.1 Å². The van der Waals surface area contributed by atoms with Crippen LogP contribution in [0.15, 0.2) is 48.8 Å². The number of nitrogens with zero attached hydrogens (tertiary/aromatic N) is 3. The van der Waals surface area contributed by atoms with Gasteiger partial charge in [-0.3, -0.25) is 14.7 Å². The molecule has 0 bridgehead atoms. The standard InChI is InChI=1S/C22H27N3O.2C2HF3O2/c1-18-3-2-4-20(13-18)16-25-17-22(14-21(25)26)7-11-24(12-8-22)15-19-5-9-23-10-6-19;2*3-2(4,5)1(6)7/h2-6,9-10,13H,7-8,11-12,14-17H2,1H3;2*(H,6,7). The number of carbonyl (C=O) groups excluding carboxylic acids is 1. The highest BCUT2D eigenvalue weighted by atomic mass is 19.4. The lowest BCUT2D eigenvalue weighted by atomic mass is 9.77. The van der Waals surface area contributed by atoms with Crippen LogP contribution in [0.3, 0.4) is 0 Å². The van der Waals surface area contributed by atoms with Gasteiger partial charge in [-0.05, 0) is 61.5 Å². The summed E-state index contributed by atoms with van der Waals surface area (Å²) in [7, 11) is 0. The molecule has 2 saturated heterocycles. The summed E-state index contributed by atoms with van der Waals surface area (Å²) in [4.78, 5) is 39.1. The van der Waals surface area contributed by atoms with Crippen molar-refractivity contribution in [2.45, 2.75) is 51.6 Å². The summed E-state index contributed by atoms with van der Waals surface area (Å²) in [6, 6.07) is 12.7. The molecular weight excluding hydrogens is 548 g/mol. The Morgan fingerprint density at radius 1 is 0.900 bits per heavy atom. The molecule has 3 heterocycles. The van der Waals surface area contributed by atoms with E-state index in [1.54, 1.807) is 0 Å². The van der Waals surface area contributed by atoms with Gasteiger partial charge >= 0.3 is 24.3 Å². The second-order valence-electron chi connectivity index (χ2n) is 9.65. The summed E-state index contributed by atoms with van der Waals surface area (Å²) < 4.78 is 63.5. The average molecular weight is 578 g/mol. The molecule has 0 unspecified atom stereocenters. The molecule has 1 aromatic heterocycles. The van der Waals surface area contributed by atoms with E-state index in [1.807, 2.05) is 12.4 Å². The van der Waals surface area contributed by atoms with Crippen LogP contribution < -0.4 is 0 Å². The number of alkyl halides is 6. The van der Waals surface area contributed by atoms with Crippen molar-refractivity contribution in [1.82, 2.24) is 14.8 Å². The van der Waals surface area contributed by atoms with E-state index in [1.165, 1.54) is 16.7 Å². The van der Waals surface area contributed by atoms with Crippen LogP contribution in [-0.2, 0) is 27.5 Å². The highest BCUT2D eigenvalue weighted by Crippen LogP contribution is 2.41. The van der Waals surface area contributed by atoms with Crippen LogP contribution in [0.4, 0.5) is 26.3 Å². The van der Waals surface area contributed by atoms with Gasteiger partial charge in [-0.25, -0.2) is 9.59 Å². The molecule has 14 heteroatoms. The fourth-order valence-electron chi connectivity index (χ4n) is 4.42. The Morgan fingerprint density at radius 3 is 1.90 bits per heavy atom. The molecule has 8 nitrogen and oxygen atoms in total. The first-order chi connectivity index (χ1) is 18.5. The number of carboxylic acid groups (broad SMARTS) is 2. The molecule has 2 aliphatic rings. The van der Waals surface area contributed by atoms with E-state index >= 15 is 0 Å². The molecule has 0 radical (unpaired) electrons. The van der Waals surface area contributed by atoms with E-state index in [0.29, 0.717) is 5.91 Å². The molecule has 2 aliphatic heterocycles. The number of hydrogen-bond acceptors (Lipinski definition) is 5. The number of pyridine rings is 1. The lowest BCUT2D eigenvalue weighted by Gasteiger charge is -2.38. The maximum Gasteiger partial charge on any atom is 0.490 e. The van der Waals surface area contributed by atoms with Crippen molar-refractivity contribution in [2.24, 2.45) is 5.41 Å². The van der Waals surface area contributed by atoms with Crippen LogP contribution in [0.25, 0.3) is 0 Å². The molecule has 40 heavy (non-hydrogen) atoms. The van der Waals surface area contributed by atoms with Gasteiger partial charge < -0.3 is 15.1 Å². The van der Waals surface area contributed by atoms with E-state index < -0.39 is 24.3 Å². The minimum Gasteiger partial charge on any atom is -0.475 e. The Hall–Kier alpha value is -3.68. The third-order valence-corrected chi connectivity index (χ3v) is 6.42. The topological polar surface area (TPSA) is 111 Å². The van der Waals surface area contributed by atoms with Crippen molar-refractivity contribution in [3.63, 3.8) is 0 Å². The smallest absolute Gasteiger partial charge is 0.475 e. The van der Waals surface area contributed by atoms with Gasteiger partial charge in [0, 0.05) is 38.4 Å². The maximum atomic E-state index is 12.6. The Kier molecular flexibility index (Phi) is 11.1. The maximum absolute atomic E-state index is 12.6.